The Hall–Kier alpha value is -2.12. The fraction of sp³-hybridized carbons (Fsp3) is 0.600. The van der Waals surface area contributed by atoms with E-state index in [-0.39, 0.29) is 11.8 Å². The van der Waals surface area contributed by atoms with Gasteiger partial charge in [0, 0.05) is 44.7 Å². The molecule has 2 atom stereocenters. The molecule has 0 aromatic heterocycles. The minimum Gasteiger partial charge on any atom is -0.496 e. The Bertz CT molecular complexity index is 663. The van der Waals surface area contributed by atoms with Gasteiger partial charge in [0.1, 0.15) is 5.75 Å². The lowest BCUT2D eigenvalue weighted by atomic mass is 9.91. The van der Waals surface area contributed by atoms with Gasteiger partial charge in [-0.2, -0.15) is 0 Å². The van der Waals surface area contributed by atoms with E-state index in [0.29, 0.717) is 61.9 Å². The summed E-state index contributed by atoms with van der Waals surface area (Å²) in [5, 5.41) is 0. The summed E-state index contributed by atoms with van der Waals surface area (Å²) in [6.45, 7) is 6.59. The van der Waals surface area contributed by atoms with Crippen LogP contribution < -0.4 is 15.6 Å². The maximum atomic E-state index is 12.8. The van der Waals surface area contributed by atoms with Crippen LogP contribution in [0, 0.1) is 5.92 Å². The molecule has 2 unspecified atom stereocenters. The first-order valence-electron chi connectivity index (χ1n) is 9.72. The SMILES string of the molecule is COc1ccccc1C(=O)N1CCN(C(=O)CCC2C(C)NNC2C)CC1. The van der Waals surface area contributed by atoms with Crippen LogP contribution in [0.2, 0.25) is 0 Å². The molecule has 3 rings (SSSR count). The molecule has 0 radical (unpaired) electrons. The van der Waals surface area contributed by atoms with Crippen LogP contribution in [0.5, 0.6) is 5.75 Å². The molecule has 7 heteroatoms. The summed E-state index contributed by atoms with van der Waals surface area (Å²) in [4.78, 5) is 29.0. The zero-order valence-corrected chi connectivity index (χ0v) is 16.4. The highest BCUT2D eigenvalue weighted by Crippen LogP contribution is 2.22. The number of benzene rings is 1. The van der Waals surface area contributed by atoms with Crippen molar-refractivity contribution < 1.29 is 14.3 Å². The maximum absolute atomic E-state index is 12.8. The van der Waals surface area contributed by atoms with Crippen molar-refractivity contribution in [3.05, 3.63) is 29.8 Å². The molecule has 2 fully saturated rings. The third-order valence-corrected chi connectivity index (χ3v) is 5.77. The molecule has 1 aromatic rings. The number of carbonyl (C=O) groups is 2. The van der Waals surface area contributed by atoms with Gasteiger partial charge in [-0.1, -0.05) is 12.1 Å². The fourth-order valence-corrected chi connectivity index (χ4v) is 4.01. The number of nitrogens with zero attached hydrogens (tertiary/aromatic N) is 2. The zero-order valence-electron chi connectivity index (χ0n) is 16.4. The predicted molar refractivity (Wildman–Crippen MR) is 103 cm³/mol. The van der Waals surface area contributed by atoms with E-state index < -0.39 is 0 Å². The number of methoxy groups -OCH3 is 1. The number of rotatable bonds is 5. The van der Waals surface area contributed by atoms with Crippen molar-refractivity contribution in [3.8, 4) is 5.75 Å². The lowest BCUT2D eigenvalue weighted by Gasteiger charge is -2.35. The number of amides is 2. The number of piperazine rings is 1. The first-order valence-corrected chi connectivity index (χ1v) is 9.72. The number of nitrogens with one attached hydrogen (secondary N) is 2. The molecule has 2 aliphatic rings. The summed E-state index contributed by atoms with van der Waals surface area (Å²) < 4.78 is 5.29. The topological polar surface area (TPSA) is 73.9 Å². The molecule has 7 nitrogen and oxygen atoms in total. The van der Waals surface area contributed by atoms with Crippen molar-refractivity contribution in [1.82, 2.24) is 20.7 Å². The molecular weight excluding hydrogens is 344 g/mol. The van der Waals surface area contributed by atoms with Crippen molar-refractivity contribution in [2.24, 2.45) is 5.92 Å². The van der Waals surface area contributed by atoms with Gasteiger partial charge in [0.05, 0.1) is 12.7 Å². The van der Waals surface area contributed by atoms with Crippen LogP contribution in [0.1, 0.15) is 37.0 Å². The van der Waals surface area contributed by atoms with Crippen molar-refractivity contribution in [2.45, 2.75) is 38.8 Å². The van der Waals surface area contributed by atoms with Gasteiger partial charge in [0.2, 0.25) is 5.91 Å². The minimum atomic E-state index is -0.0368. The highest BCUT2D eigenvalue weighted by atomic mass is 16.5. The zero-order chi connectivity index (χ0) is 19.4. The van der Waals surface area contributed by atoms with E-state index in [9.17, 15) is 9.59 Å². The van der Waals surface area contributed by atoms with Gasteiger partial charge >= 0.3 is 0 Å². The number of hydrazine groups is 1. The van der Waals surface area contributed by atoms with Crippen LogP contribution in [0.4, 0.5) is 0 Å². The Morgan fingerprint density at radius 1 is 1.04 bits per heavy atom. The maximum Gasteiger partial charge on any atom is 0.257 e. The molecule has 0 spiro atoms. The molecule has 0 aliphatic carbocycles. The number of carbonyl (C=O) groups excluding carboxylic acids is 2. The van der Waals surface area contributed by atoms with Crippen LogP contribution in [0.25, 0.3) is 0 Å². The van der Waals surface area contributed by atoms with Crippen LogP contribution in [0.3, 0.4) is 0 Å². The smallest absolute Gasteiger partial charge is 0.257 e. The van der Waals surface area contributed by atoms with E-state index >= 15 is 0 Å². The first-order chi connectivity index (χ1) is 13.0. The van der Waals surface area contributed by atoms with Crippen molar-refractivity contribution in [3.63, 3.8) is 0 Å². The Morgan fingerprint density at radius 3 is 2.26 bits per heavy atom. The summed E-state index contributed by atoms with van der Waals surface area (Å²) in [6, 6.07) is 8.02. The number of para-hydroxylation sites is 1. The Morgan fingerprint density at radius 2 is 1.63 bits per heavy atom. The van der Waals surface area contributed by atoms with Crippen LogP contribution >= 0.6 is 0 Å². The van der Waals surface area contributed by atoms with Crippen LogP contribution in [-0.4, -0.2) is 67.0 Å². The standard InChI is InChI=1S/C20H30N4O3/c1-14-16(15(2)22-21-14)8-9-19(25)23-10-12-24(13-11-23)20(26)17-6-4-5-7-18(17)27-3/h4-7,14-16,21-22H,8-13H2,1-3H3. The summed E-state index contributed by atoms with van der Waals surface area (Å²) >= 11 is 0. The quantitative estimate of drug-likeness (QED) is 0.812. The number of hydrogen-bond donors (Lipinski definition) is 2. The van der Waals surface area contributed by atoms with Gasteiger partial charge < -0.3 is 14.5 Å². The lowest BCUT2D eigenvalue weighted by Crippen LogP contribution is -2.50. The second kappa shape index (κ2) is 8.71. The van der Waals surface area contributed by atoms with Crippen molar-refractivity contribution in [1.29, 1.82) is 0 Å². The molecular formula is C20H30N4O3. The van der Waals surface area contributed by atoms with E-state index in [0.717, 1.165) is 6.42 Å². The molecule has 2 amide bonds. The summed E-state index contributed by atoms with van der Waals surface area (Å²) in [5.41, 5.74) is 7.05. The van der Waals surface area contributed by atoms with E-state index in [4.69, 9.17) is 4.74 Å². The van der Waals surface area contributed by atoms with E-state index in [1.807, 2.05) is 17.0 Å². The third-order valence-electron chi connectivity index (χ3n) is 5.77. The largest absolute Gasteiger partial charge is 0.496 e. The van der Waals surface area contributed by atoms with Crippen molar-refractivity contribution >= 4 is 11.8 Å². The molecule has 1 aromatic carbocycles. The molecule has 27 heavy (non-hydrogen) atoms. The van der Waals surface area contributed by atoms with E-state index in [2.05, 4.69) is 24.7 Å². The average molecular weight is 374 g/mol. The molecule has 2 heterocycles. The van der Waals surface area contributed by atoms with Crippen molar-refractivity contribution in [2.75, 3.05) is 33.3 Å². The van der Waals surface area contributed by atoms with Gasteiger partial charge in [-0.05, 0) is 38.3 Å². The molecule has 148 valence electrons. The monoisotopic (exact) mass is 374 g/mol. The predicted octanol–water partition coefficient (Wildman–Crippen LogP) is 1.26. The Balaban J connectivity index is 1.49. The second-order valence-electron chi connectivity index (χ2n) is 7.44. The Labute approximate surface area is 161 Å². The third kappa shape index (κ3) is 4.42. The molecule has 2 aliphatic heterocycles. The van der Waals surface area contributed by atoms with Gasteiger partial charge in [-0.3, -0.25) is 20.4 Å². The van der Waals surface area contributed by atoms with E-state index in [1.54, 1.807) is 24.1 Å². The summed E-state index contributed by atoms with van der Waals surface area (Å²) in [7, 11) is 1.57. The first kappa shape index (κ1) is 19.6. The molecule has 0 saturated carbocycles. The Kier molecular flexibility index (Phi) is 6.34. The second-order valence-corrected chi connectivity index (χ2v) is 7.44. The van der Waals surface area contributed by atoms with Gasteiger partial charge in [0.25, 0.3) is 5.91 Å². The summed E-state index contributed by atoms with van der Waals surface area (Å²) in [5.74, 6) is 1.20. The lowest BCUT2D eigenvalue weighted by molar-refractivity contribution is -0.133. The normalized spacial score (nSPS) is 25.5. The highest BCUT2D eigenvalue weighted by molar-refractivity contribution is 5.97. The van der Waals surface area contributed by atoms with Gasteiger partial charge in [-0.15, -0.1) is 0 Å². The summed E-state index contributed by atoms with van der Waals surface area (Å²) in [6.07, 6.45) is 1.44. The molecule has 0 bridgehead atoms. The van der Waals surface area contributed by atoms with Gasteiger partial charge in [-0.25, -0.2) is 0 Å². The van der Waals surface area contributed by atoms with Crippen LogP contribution in [-0.2, 0) is 4.79 Å². The average Bonchev–Trinajstić information content (AvgIpc) is 3.03. The van der Waals surface area contributed by atoms with Crippen LogP contribution in [0.15, 0.2) is 24.3 Å². The molecule has 2 N–H and O–H groups in total. The van der Waals surface area contributed by atoms with E-state index in [1.165, 1.54) is 0 Å². The number of ether oxygens (including phenoxy) is 1. The van der Waals surface area contributed by atoms with Gasteiger partial charge in [0.15, 0.2) is 0 Å². The minimum absolute atomic E-state index is 0.0368. The fourth-order valence-electron chi connectivity index (χ4n) is 4.01. The molecule has 2 saturated heterocycles. The highest BCUT2D eigenvalue weighted by Gasteiger charge is 2.31. The number of hydrogen-bond acceptors (Lipinski definition) is 5.